The van der Waals surface area contributed by atoms with E-state index >= 15 is 0 Å². The minimum Gasteiger partial charge on any atom is -0.496 e. The van der Waals surface area contributed by atoms with Crippen LogP contribution in [0.4, 0.5) is 5.69 Å². The monoisotopic (exact) mass is 347 g/mol. The molecule has 0 aliphatic carbocycles. The van der Waals surface area contributed by atoms with Gasteiger partial charge in [-0.05, 0) is 49.4 Å². The Hall–Kier alpha value is -3.27. The first-order chi connectivity index (χ1) is 12.7. The minimum absolute atomic E-state index is 0.171. The highest BCUT2D eigenvalue weighted by molar-refractivity contribution is 6.04. The largest absolute Gasteiger partial charge is 0.496 e. The van der Waals surface area contributed by atoms with Crippen molar-refractivity contribution in [3.05, 3.63) is 89.5 Å². The first-order valence-electron chi connectivity index (χ1n) is 8.38. The number of rotatable bonds is 6. The molecule has 1 N–H and O–H groups in total. The molecule has 0 aromatic heterocycles. The lowest BCUT2D eigenvalue weighted by molar-refractivity contribution is 0.102. The van der Waals surface area contributed by atoms with Crippen molar-refractivity contribution in [3.63, 3.8) is 0 Å². The molecule has 132 valence electrons. The number of hydrogen-bond donors (Lipinski definition) is 1. The molecule has 26 heavy (non-hydrogen) atoms. The van der Waals surface area contributed by atoms with Crippen LogP contribution in [0.25, 0.3) is 0 Å². The van der Waals surface area contributed by atoms with Crippen LogP contribution in [-0.4, -0.2) is 13.0 Å². The third-order valence-corrected chi connectivity index (χ3v) is 3.99. The van der Waals surface area contributed by atoms with Crippen LogP contribution in [0.2, 0.25) is 0 Å². The quantitative estimate of drug-likeness (QED) is 0.694. The molecule has 0 heterocycles. The van der Waals surface area contributed by atoms with E-state index in [1.807, 2.05) is 61.5 Å². The number of methoxy groups -OCH3 is 1. The highest BCUT2D eigenvalue weighted by Crippen LogP contribution is 2.23. The smallest absolute Gasteiger partial charge is 0.255 e. The fraction of sp³-hybridized carbons (Fsp3) is 0.136. The number of carbonyl (C=O) groups excluding carboxylic acids is 1. The Morgan fingerprint density at radius 2 is 1.69 bits per heavy atom. The molecule has 0 aliphatic rings. The average Bonchev–Trinajstić information content (AvgIpc) is 2.68. The maximum absolute atomic E-state index is 12.5. The SMILES string of the molecule is COc1ccc(C(=O)Nc2ccccc2)cc1COc1ccc(C)cc1. The minimum atomic E-state index is -0.171. The van der Waals surface area contributed by atoms with Crippen molar-refractivity contribution in [2.45, 2.75) is 13.5 Å². The molecule has 0 saturated carbocycles. The zero-order chi connectivity index (χ0) is 18.4. The van der Waals surface area contributed by atoms with E-state index in [-0.39, 0.29) is 5.91 Å². The van der Waals surface area contributed by atoms with Crippen molar-refractivity contribution >= 4 is 11.6 Å². The predicted molar refractivity (Wildman–Crippen MR) is 103 cm³/mol. The molecule has 3 aromatic carbocycles. The zero-order valence-electron chi connectivity index (χ0n) is 14.9. The second-order valence-electron chi connectivity index (χ2n) is 5.95. The van der Waals surface area contributed by atoms with Crippen molar-refractivity contribution < 1.29 is 14.3 Å². The number of carbonyl (C=O) groups is 1. The molecule has 0 spiro atoms. The van der Waals surface area contributed by atoms with Gasteiger partial charge in [-0.1, -0.05) is 35.9 Å². The fourth-order valence-electron chi connectivity index (χ4n) is 2.55. The first kappa shape index (κ1) is 17.5. The van der Waals surface area contributed by atoms with Gasteiger partial charge in [0.1, 0.15) is 18.1 Å². The number of nitrogens with one attached hydrogen (secondary N) is 1. The Bertz CT molecular complexity index is 874. The summed E-state index contributed by atoms with van der Waals surface area (Å²) in [5, 5.41) is 2.88. The van der Waals surface area contributed by atoms with Gasteiger partial charge in [0.05, 0.1) is 7.11 Å². The zero-order valence-corrected chi connectivity index (χ0v) is 14.9. The van der Waals surface area contributed by atoms with Crippen molar-refractivity contribution in [1.29, 1.82) is 0 Å². The molecular formula is C22H21NO3. The standard InChI is InChI=1S/C22H21NO3/c1-16-8-11-20(12-9-16)26-15-18-14-17(10-13-21(18)25-2)22(24)23-19-6-4-3-5-7-19/h3-14H,15H2,1-2H3,(H,23,24). The highest BCUT2D eigenvalue weighted by Gasteiger charge is 2.11. The van der Waals surface area contributed by atoms with E-state index in [1.165, 1.54) is 5.56 Å². The summed E-state index contributed by atoms with van der Waals surface area (Å²) in [5.74, 6) is 1.29. The Labute approximate surface area is 153 Å². The maximum Gasteiger partial charge on any atom is 0.255 e. The van der Waals surface area contributed by atoms with Crippen LogP contribution in [-0.2, 0) is 6.61 Å². The summed E-state index contributed by atoms with van der Waals surface area (Å²) in [4.78, 5) is 12.5. The van der Waals surface area contributed by atoms with Crippen LogP contribution in [0.5, 0.6) is 11.5 Å². The molecule has 0 fully saturated rings. The summed E-state index contributed by atoms with van der Waals surface area (Å²) >= 11 is 0. The van der Waals surface area contributed by atoms with Crippen molar-refractivity contribution in [2.75, 3.05) is 12.4 Å². The number of anilines is 1. The van der Waals surface area contributed by atoms with Gasteiger partial charge >= 0.3 is 0 Å². The van der Waals surface area contributed by atoms with E-state index in [0.29, 0.717) is 17.9 Å². The van der Waals surface area contributed by atoms with Gasteiger partial charge in [0.15, 0.2) is 0 Å². The molecule has 4 nitrogen and oxygen atoms in total. The number of amides is 1. The van der Waals surface area contributed by atoms with Crippen LogP contribution in [0, 0.1) is 6.92 Å². The van der Waals surface area contributed by atoms with E-state index in [1.54, 1.807) is 25.3 Å². The summed E-state index contributed by atoms with van der Waals surface area (Å²) in [6.45, 7) is 2.35. The number of ether oxygens (including phenoxy) is 2. The second kappa shape index (κ2) is 8.21. The molecule has 0 unspecified atom stereocenters. The number of hydrogen-bond acceptors (Lipinski definition) is 3. The maximum atomic E-state index is 12.5. The molecule has 3 aromatic rings. The van der Waals surface area contributed by atoms with Crippen molar-refractivity contribution in [2.24, 2.45) is 0 Å². The lowest BCUT2D eigenvalue weighted by Gasteiger charge is -2.12. The summed E-state index contributed by atoms with van der Waals surface area (Å²) in [5.41, 5.74) is 3.30. The Balaban J connectivity index is 1.75. The molecule has 0 saturated heterocycles. The summed E-state index contributed by atoms with van der Waals surface area (Å²) in [6.07, 6.45) is 0. The van der Waals surface area contributed by atoms with Crippen LogP contribution >= 0.6 is 0 Å². The van der Waals surface area contributed by atoms with Crippen LogP contribution in [0.15, 0.2) is 72.8 Å². The fourth-order valence-corrected chi connectivity index (χ4v) is 2.55. The predicted octanol–water partition coefficient (Wildman–Crippen LogP) is 4.83. The molecular weight excluding hydrogens is 326 g/mol. The molecule has 0 atom stereocenters. The van der Waals surface area contributed by atoms with Gasteiger partial charge in [-0.2, -0.15) is 0 Å². The van der Waals surface area contributed by atoms with E-state index < -0.39 is 0 Å². The lowest BCUT2D eigenvalue weighted by Crippen LogP contribution is -2.12. The van der Waals surface area contributed by atoms with E-state index in [9.17, 15) is 4.79 Å². The third kappa shape index (κ3) is 4.42. The van der Waals surface area contributed by atoms with E-state index in [4.69, 9.17) is 9.47 Å². The van der Waals surface area contributed by atoms with Gasteiger partial charge in [0.25, 0.3) is 5.91 Å². The first-order valence-corrected chi connectivity index (χ1v) is 8.38. The Kier molecular flexibility index (Phi) is 5.54. The van der Waals surface area contributed by atoms with Crippen molar-refractivity contribution in [3.8, 4) is 11.5 Å². The van der Waals surface area contributed by atoms with Crippen LogP contribution in [0.1, 0.15) is 21.5 Å². The average molecular weight is 347 g/mol. The normalized spacial score (nSPS) is 10.2. The van der Waals surface area contributed by atoms with E-state index in [0.717, 1.165) is 17.0 Å². The van der Waals surface area contributed by atoms with Gasteiger partial charge in [0.2, 0.25) is 0 Å². The molecule has 3 rings (SSSR count). The number of aryl methyl sites for hydroxylation is 1. The summed E-state index contributed by atoms with van der Waals surface area (Å²) < 4.78 is 11.2. The molecule has 0 radical (unpaired) electrons. The molecule has 0 aliphatic heterocycles. The second-order valence-corrected chi connectivity index (χ2v) is 5.95. The van der Waals surface area contributed by atoms with Gasteiger partial charge in [0, 0.05) is 16.8 Å². The van der Waals surface area contributed by atoms with E-state index in [2.05, 4.69) is 5.32 Å². The topological polar surface area (TPSA) is 47.6 Å². The number of benzene rings is 3. The molecule has 0 bridgehead atoms. The van der Waals surface area contributed by atoms with Gasteiger partial charge in [-0.25, -0.2) is 0 Å². The van der Waals surface area contributed by atoms with Gasteiger partial charge < -0.3 is 14.8 Å². The van der Waals surface area contributed by atoms with Crippen molar-refractivity contribution in [1.82, 2.24) is 0 Å². The number of para-hydroxylation sites is 1. The van der Waals surface area contributed by atoms with Crippen LogP contribution in [0.3, 0.4) is 0 Å². The summed E-state index contributed by atoms with van der Waals surface area (Å²) in [6, 6.07) is 22.5. The van der Waals surface area contributed by atoms with Crippen LogP contribution < -0.4 is 14.8 Å². The highest BCUT2D eigenvalue weighted by atomic mass is 16.5. The summed E-state index contributed by atoms with van der Waals surface area (Å²) in [7, 11) is 1.61. The molecule has 1 amide bonds. The van der Waals surface area contributed by atoms with Gasteiger partial charge in [-0.15, -0.1) is 0 Å². The Morgan fingerprint density at radius 3 is 2.38 bits per heavy atom. The molecule has 4 heteroatoms. The van der Waals surface area contributed by atoms with Gasteiger partial charge in [-0.3, -0.25) is 4.79 Å². The Morgan fingerprint density at radius 1 is 0.962 bits per heavy atom. The lowest BCUT2D eigenvalue weighted by atomic mass is 10.1. The third-order valence-electron chi connectivity index (χ3n) is 3.99.